The first-order chi connectivity index (χ1) is 15.4. The molecule has 4 atom stereocenters. The van der Waals surface area contributed by atoms with Crippen LogP contribution in [0.25, 0.3) is 0 Å². The van der Waals surface area contributed by atoms with Crippen LogP contribution in [0.4, 0.5) is 0 Å². The number of imide groups is 1. The van der Waals surface area contributed by atoms with Gasteiger partial charge in [0.15, 0.2) is 0 Å². The van der Waals surface area contributed by atoms with Gasteiger partial charge >= 0.3 is 0 Å². The highest BCUT2D eigenvalue weighted by atomic mass is 32.2. The number of carbonyl (C=O) groups excluding carboxylic acids is 3. The van der Waals surface area contributed by atoms with Crippen LogP contribution in [0.3, 0.4) is 0 Å². The maximum absolute atomic E-state index is 12.9. The number of amides is 3. The molecule has 32 heavy (non-hydrogen) atoms. The minimum Gasteiger partial charge on any atom is -0.350 e. The lowest BCUT2D eigenvalue weighted by Crippen LogP contribution is -2.41. The van der Waals surface area contributed by atoms with Gasteiger partial charge in [0.25, 0.3) is 0 Å². The van der Waals surface area contributed by atoms with Gasteiger partial charge in [-0.3, -0.25) is 19.3 Å². The lowest BCUT2D eigenvalue weighted by Gasteiger charge is -2.26. The third kappa shape index (κ3) is 3.57. The normalized spacial score (nSPS) is 29.6. The maximum Gasteiger partial charge on any atom is 0.243 e. The number of rotatable bonds is 6. The van der Waals surface area contributed by atoms with Gasteiger partial charge in [-0.1, -0.05) is 30.7 Å². The summed E-state index contributed by atoms with van der Waals surface area (Å²) in [6.07, 6.45) is 7.66. The van der Waals surface area contributed by atoms with E-state index in [1.165, 1.54) is 4.31 Å². The van der Waals surface area contributed by atoms with Crippen molar-refractivity contribution in [2.45, 2.75) is 37.1 Å². The molecule has 9 heteroatoms. The summed E-state index contributed by atoms with van der Waals surface area (Å²) in [6, 6.07) is 6.55. The van der Waals surface area contributed by atoms with Gasteiger partial charge in [0.05, 0.1) is 16.7 Å². The minimum atomic E-state index is -3.55. The zero-order chi connectivity index (χ0) is 22.5. The van der Waals surface area contributed by atoms with Gasteiger partial charge in [0, 0.05) is 19.6 Å². The highest BCUT2D eigenvalue weighted by Crippen LogP contribution is 2.52. The van der Waals surface area contributed by atoms with Crippen LogP contribution in [0.5, 0.6) is 0 Å². The lowest BCUT2D eigenvalue weighted by molar-refractivity contribution is -0.144. The first kappa shape index (κ1) is 21.3. The van der Waals surface area contributed by atoms with E-state index >= 15 is 0 Å². The lowest BCUT2D eigenvalue weighted by atomic mass is 9.85. The Kier molecular flexibility index (Phi) is 5.41. The summed E-state index contributed by atoms with van der Waals surface area (Å²) in [5, 5.41) is 2.72. The van der Waals surface area contributed by atoms with Crippen LogP contribution in [0.2, 0.25) is 0 Å². The van der Waals surface area contributed by atoms with Gasteiger partial charge in [0.2, 0.25) is 27.7 Å². The van der Waals surface area contributed by atoms with Gasteiger partial charge in [0.1, 0.15) is 6.54 Å². The van der Waals surface area contributed by atoms with E-state index in [2.05, 4.69) is 5.32 Å². The molecule has 3 fully saturated rings. The maximum atomic E-state index is 12.9. The molecule has 3 amide bonds. The van der Waals surface area contributed by atoms with Crippen LogP contribution in [0.1, 0.15) is 31.2 Å². The van der Waals surface area contributed by atoms with Crippen LogP contribution >= 0.6 is 0 Å². The Hall–Kier alpha value is -2.52. The van der Waals surface area contributed by atoms with E-state index in [4.69, 9.17) is 0 Å². The van der Waals surface area contributed by atoms with Crippen molar-refractivity contribution in [1.82, 2.24) is 14.5 Å². The molecular weight excluding hydrogens is 430 g/mol. The van der Waals surface area contributed by atoms with E-state index in [0.717, 1.165) is 30.6 Å². The monoisotopic (exact) mass is 457 g/mol. The molecule has 0 aromatic heterocycles. The molecule has 170 valence electrons. The van der Waals surface area contributed by atoms with Crippen LogP contribution in [-0.2, 0) is 31.0 Å². The summed E-state index contributed by atoms with van der Waals surface area (Å²) < 4.78 is 27.3. The molecule has 0 radical (unpaired) electrons. The summed E-state index contributed by atoms with van der Waals surface area (Å²) in [4.78, 5) is 39.2. The number of sulfonamides is 1. The van der Waals surface area contributed by atoms with Gasteiger partial charge in [-0.15, -0.1) is 0 Å². The summed E-state index contributed by atoms with van der Waals surface area (Å²) in [5.74, 6) is -1.35. The van der Waals surface area contributed by atoms with E-state index in [0.29, 0.717) is 18.7 Å². The number of carbonyl (C=O) groups is 3. The number of benzene rings is 1. The summed E-state index contributed by atoms with van der Waals surface area (Å²) in [5.41, 5.74) is 0.648. The summed E-state index contributed by atoms with van der Waals surface area (Å²) in [6.45, 7) is 0.884. The molecule has 1 N–H and O–H groups in total. The zero-order valence-corrected chi connectivity index (χ0v) is 18.6. The van der Waals surface area contributed by atoms with Crippen LogP contribution in [0.15, 0.2) is 41.3 Å². The molecule has 5 rings (SSSR count). The second-order valence-electron chi connectivity index (χ2n) is 9.15. The summed E-state index contributed by atoms with van der Waals surface area (Å²) in [7, 11) is -3.55. The number of hydrogen-bond acceptors (Lipinski definition) is 5. The van der Waals surface area contributed by atoms with Gasteiger partial charge in [-0.05, 0) is 48.8 Å². The van der Waals surface area contributed by atoms with Crippen LogP contribution in [0, 0.1) is 23.7 Å². The van der Waals surface area contributed by atoms with E-state index in [-0.39, 0.29) is 53.5 Å². The van der Waals surface area contributed by atoms with Crippen molar-refractivity contribution in [1.29, 1.82) is 0 Å². The molecule has 2 saturated heterocycles. The zero-order valence-electron chi connectivity index (χ0n) is 17.8. The number of nitrogens with one attached hydrogen (secondary N) is 1. The number of piperidine rings is 1. The van der Waals surface area contributed by atoms with E-state index < -0.39 is 15.9 Å². The van der Waals surface area contributed by atoms with E-state index in [9.17, 15) is 22.8 Å². The second-order valence-corrected chi connectivity index (χ2v) is 11.1. The van der Waals surface area contributed by atoms with Gasteiger partial charge in [-0.2, -0.15) is 4.31 Å². The number of fused-ring (bicyclic) bond motifs is 5. The number of allylic oxidation sites excluding steroid dienone is 2. The number of likely N-dealkylation sites (tertiary alicyclic amines) is 1. The van der Waals surface area contributed by atoms with Gasteiger partial charge in [-0.25, -0.2) is 8.42 Å². The van der Waals surface area contributed by atoms with Crippen molar-refractivity contribution in [2.75, 3.05) is 19.6 Å². The Labute approximate surface area is 187 Å². The smallest absolute Gasteiger partial charge is 0.243 e. The largest absolute Gasteiger partial charge is 0.350 e. The minimum absolute atomic E-state index is 0.110. The van der Waals surface area contributed by atoms with Crippen LogP contribution in [-0.4, -0.2) is 55.0 Å². The molecule has 1 saturated carbocycles. The fourth-order valence-corrected chi connectivity index (χ4v) is 7.18. The predicted octanol–water partition coefficient (Wildman–Crippen LogP) is 1.28. The summed E-state index contributed by atoms with van der Waals surface area (Å²) >= 11 is 0. The molecule has 2 bridgehead atoms. The number of nitrogens with zero attached hydrogens (tertiary/aromatic N) is 2. The van der Waals surface area contributed by atoms with Crippen molar-refractivity contribution < 1.29 is 22.8 Å². The first-order valence-electron chi connectivity index (χ1n) is 11.3. The third-order valence-electron chi connectivity index (χ3n) is 7.20. The van der Waals surface area contributed by atoms with E-state index in [1.807, 2.05) is 12.2 Å². The Morgan fingerprint density at radius 3 is 2.31 bits per heavy atom. The van der Waals surface area contributed by atoms with Gasteiger partial charge < -0.3 is 5.32 Å². The van der Waals surface area contributed by atoms with Crippen molar-refractivity contribution >= 4 is 27.7 Å². The third-order valence-corrected chi connectivity index (χ3v) is 9.10. The molecule has 2 aliphatic carbocycles. The number of hydrogen-bond donors (Lipinski definition) is 1. The standard InChI is InChI=1S/C23H27N3O5S/c27-19(14-26-22(28)20-16-7-8-17(12-16)21(20)23(26)29)24-13-15-5-4-6-18(11-15)32(30,31)25-9-2-1-3-10-25/h4-8,11,16-17,20-21H,1-3,9-10,12-14H2,(H,24,27). The van der Waals surface area contributed by atoms with Crippen molar-refractivity contribution in [3.05, 3.63) is 42.0 Å². The second kappa shape index (κ2) is 8.12. The average molecular weight is 458 g/mol. The Morgan fingerprint density at radius 2 is 1.66 bits per heavy atom. The molecule has 1 aromatic carbocycles. The Balaban J connectivity index is 1.20. The molecule has 8 nitrogen and oxygen atoms in total. The molecular formula is C23H27N3O5S. The molecule has 2 heterocycles. The molecule has 1 aromatic rings. The van der Waals surface area contributed by atoms with Crippen molar-refractivity contribution in [2.24, 2.45) is 23.7 Å². The highest BCUT2D eigenvalue weighted by Gasteiger charge is 2.59. The quantitative estimate of drug-likeness (QED) is 0.512. The van der Waals surface area contributed by atoms with E-state index in [1.54, 1.807) is 24.3 Å². The molecule has 4 unspecified atom stereocenters. The topological polar surface area (TPSA) is 104 Å². The van der Waals surface area contributed by atoms with Crippen molar-refractivity contribution in [3.63, 3.8) is 0 Å². The predicted molar refractivity (Wildman–Crippen MR) is 115 cm³/mol. The van der Waals surface area contributed by atoms with Crippen molar-refractivity contribution in [3.8, 4) is 0 Å². The fraction of sp³-hybridized carbons (Fsp3) is 0.522. The molecule has 2 aliphatic heterocycles. The van der Waals surface area contributed by atoms with Crippen LogP contribution < -0.4 is 5.32 Å². The Morgan fingerprint density at radius 1 is 1.00 bits per heavy atom. The Bertz CT molecular complexity index is 1060. The highest BCUT2D eigenvalue weighted by molar-refractivity contribution is 7.89. The molecule has 4 aliphatic rings. The fourth-order valence-electron chi connectivity index (χ4n) is 5.59. The first-order valence-corrected chi connectivity index (χ1v) is 12.7. The molecule has 0 spiro atoms. The SMILES string of the molecule is O=C(CN1C(=O)C2C3C=CC(C3)C2C1=O)NCc1cccc(S(=O)(=O)N2CCCCC2)c1. The average Bonchev–Trinajstić information content (AvgIpc) is 3.49.